The van der Waals surface area contributed by atoms with Gasteiger partial charge in [-0.2, -0.15) is 0 Å². The fraction of sp³-hybridized carbons (Fsp3) is 0.263. The number of nitrogens with zero attached hydrogens (tertiary/aromatic N) is 3. The minimum absolute atomic E-state index is 0.0773. The molecule has 3 aromatic rings. The number of para-hydroxylation sites is 1. The average Bonchev–Trinajstić information content (AvgIpc) is 3.40. The van der Waals surface area contributed by atoms with Crippen LogP contribution < -0.4 is 5.32 Å². The standard InChI is InChI=1S/C19H18N4O3S/c24-16(20-14-7-2-1-3-8-14)18-22-21-17(27-18)13-6-4-10-23(12-13)19(25)15-9-5-11-26-15/h1-3,5,7-9,11,13H,4,6,10,12H2,(H,20,24). The minimum Gasteiger partial charge on any atom is -0.459 e. The first kappa shape index (κ1) is 17.4. The quantitative estimate of drug-likeness (QED) is 0.747. The lowest BCUT2D eigenvalue weighted by Crippen LogP contribution is -2.38. The molecule has 1 fully saturated rings. The van der Waals surface area contributed by atoms with Crippen LogP contribution in [0.25, 0.3) is 0 Å². The molecule has 2 aromatic heterocycles. The molecule has 1 atom stereocenters. The van der Waals surface area contributed by atoms with E-state index < -0.39 is 0 Å². The van der Waals surface area contributed by atoms with E-state index in [1.165, 1.54) is 17.6 Å². The number of hydrogen-bond donors (Lipinski definition) is 1. The number of hydrogen-bond acceptors (Lipinski definition) is 6. The molecule has 0 spiro atoms. The van der Waals surface area contributed by atoms with Gasteiger partial charge < -0.3 is 14.6 Å². The number of carbonyl (C=O) groups is 2. The molecule has 0 saturated carbocycles. The summed E-state index contributed by atoms with van der Waals surface area (Å²) < 4.78 is 5.21. The molecule has 1 saturated heterocycles. The van der Waals surface area contributed by atoms with Gasteiger partial charge in [0.25, 0.3) is 11.8 Å². The average molecular weight is 382 g/mol. The Hall–Kier alpha value is -3.00. The van der Waals surface area contributed by atoms with E-state index in [9.17, 15) is 9.59 Å². The van der Waals surface area contributed by atoms with E-state index in [4.69, 9.17) is 4.42 Å². The molecule has 1 aliphatic heterocycles. The highest BCUT2D eigenvalue weighted by Crippen LogP contribution is 2.30. The van der Waals surface area contributed by atoms with Crippen LogP contribution in [-0.2, 0) is 0 Å². The van der Waals surface area contributed by atoms with Crippen LogP contribution in [0.2, 0.25) is 0 Å². The van der Waals surface area contributed by atoms with E-state index in [0.717, 1.165) is 17.8 Å². The number of carbonyl (C=O) groups excluding carboxylic acids is 2. The third-order valence-corrected chi connectivity index (χ3v) is 5.54. The maximum atomic E-state index is 12.5. The van der Waals surface area contributed by atoms with Gasteiger partial charge in [-0.1, -0.05) is 29.5 Å². The van der Waals surface area contributed by atoms with Gasteiger partial charge in [0.05, 0.1) is 6.26 Å². The Morgan fingerprint density at radius 1 is 1.15 bits per heavy atom. The molecule has 0 aliphatic carbocycles. The number of rotatable bonds is 4. The smallest absolute Gasteiger partial charge is 0.289 e. The Kier molecular flexibility index (Phi) is 4.97. The zero-order valence-corrected chi connectivity index (χ0v) is 15.3. The number of amides is 2. The summed E-state index contributed by atoms with van der Waals surface area (Å²) in [7, 11) is 0. The van der Waals surface area contributed by atoms with Crippen LogP contribution in [0.3, 0.4) is 0 Å². The molecule has 1 aromatic carbocycles. The van der Waals surface area contributed by atoms with Crippen LogP contribution >= 0.6 is 11.3 Å². The lowest BCUT2D eigenvalue weighted by atomic mass is 9.98. The lowest BCUT2D eigenvalue weighted by Gasteiger charge is -2.30. The van der Waals surface area contributed by atoms with Crippen LogP contribution in [0.1, 0.15) is 44.1 Å². The number of piperidine rings is 1. The molecule has 7 nitrogen and oxygen atoms in total. The summed E-state index contributed by atoms with van der Waals surface area (Å²) in [5.74, 6) is 0.0322. The SMILES string of the molecule is O=C(Nc1ccccc1)c1nnc(C2CCCN(C(=O)c3ccco3)C2)s1. The number of likely N-dealkylation sites (tertiary alicyclic amines) is 1. The van der Waals surface area contributed by atoms with E-state index in [1.807, 2.05) is 30.3 Å². The molecule has 1 aliphatic rings. The van der Waals surface area contributed by atoms with E-state index in [2.05, 4.69) is 15.5 Å². The molecule has 4 rings (SSSR count). The van der Waals surface area contributed by atoms with Crippen LogP contribution in [0.15, 0.2) is 53.1 Å². The first-order valence-corrected chi connectivity index (χ1v) is 9.55. The first-order chi connectivity index (χ1) is 13.2. The topological polar surface area (TPSA) is 88.3 Å². The van der Waals surface area contributed by atoms with Gasteiger partial charge in [-0.15, -0.1) is 10.2 Å². The van der Waals surface area contributed by atoms with Gasteiger partial charge in [0.1, 0.15) is 5.01 Å². The van der Waals surface area contributed by atoms with Crippen molar-refractivity contribution in [2.24, 2.45) is 0 Å². The van der Waals surface area contributed by atoms with Crippen molar-refractivity contribution in [3.8, 4) is 0 Å². The van der Waals surface area contributed by atoms with E-state index in [1.54, 1.807) is 17.0 Å². The predicted octanol–water partition coefficient (Wildman–Crippen LogP) is 3.40. The molecule has 3 heterocycles. The molecule has 0 radical (unpaired) electrons. The third kappa shape index (κ3) is 3.90. The number of furan rings is 1. The van der Waals surface area contributed by atoms with Gasteiger partial charge in [-0.25, -0.2) is 0 Å². The molecule has 2 amide bonds. The highest BCUT2D eigenvalue weighted by molar-refractivity contribution is 7.13. The van der Waals surface area contributed by atoms with Crippen molar-refractivity contribution in [2.75, 3.05) is 18.4 Å². The zero-order chi connectivity index (χ0) is 18.6. The Morgan fingerprint density at radius 3 is 2.78 bits per heavy atom. The fourth-order valence-electron chi connectivity index (χ4n) is 3.12. The van der Waals surface area contributed by atoms with Crippen molar-refractivity contribution < 1.29 is 14.0 Å². The van der Waals surface area contributed by atoms with E-state index in [-0.39, 0.29) is 17.7 Å². The second-order valence-corrected chi connectivity index (χ2v) is 7.34. The maximum absolute atomic E-state index is 12.5. The van der Waals surface area contributed by atoms with Crippen molar-refractivity contribution in [1.29, 1.82) is 0 Å². The van der Waals surface area contributed by atoms with Crippen LogP contribution in [-0.4, -0.2) is 40.0 Å². The molecule has 0 bridgehead atoms. The summed E-state index contributed by atoms with van der Waals surface area (Å²) >= 11 is 1.28. The molecule has 138 valence electrons. The maximum Gasteiger partial charge on any atom is 0.289 e. The van der Waals surface area contributed by atoms with Gasteiger partial charge in [-0.05, 0) is 37.1 Å². The second kappa shape index (κ2) is 7.71. The summed E-state index contributed by atoms with van der Waals surface area (Å²) in [5, 5.41) is 12.2. The van der Waals surface area contributed by atoms with E-state index >= 15 is 0 Å². The number of benzene rings is 1. The fourth-order valence-corrected chi connectivity index (χ4v) is 3.98. The zero-order valence-electron chi connectivity index (χ0n) is 14.5. The van der Waals surface area contributed by atoms with Gasteiger partial charge in [0.2, 0.25) is 5.01 Å². The summed E-state index contributed by atoms with van der Waals surface area (Å²) in [6.07, 6.45) is 3.29. The summed E-state index contributed by atoms with van der Waals surface area (Å²) in [6, 6.07) is 12.6. The molecule has 8 heteroatoms. The first-order valence-electron chi connectivity index (χ1n) is 8.73. The Labute approximate surface area is 160 Å². The number of aromatic nitrogens is 2. The Morgan fingerprint density at radius 2 is 2.00 bits per heavy atom. The van der Waals surface area contributed by atoms with Gasteiger partial charge in [-0.3, -0.25) is 9.59 Å². The highest BCUT2D eigenvalue weighted by Gasteiger charge is 2.29. The van der Waals surface area contributed by atoms with E-state index in [0.29, 0.717) is 29.5 Å². The van der Waals surface area contributed by atoms with Crippen LogP contribution in [0.5, 0.6) is 0 Å². The number of nitrogens with one attached hydrogen (secondary N) is 1. The second-order valence-electron chi connectivity index (χ2n) is 6.33. The third-order valence-electron chi connectivity index (χ3n) is 4.46. The molecule has 27 heavy (non-hydrogen) atoms. The largest absolute Gasteiger partial charge is 0.459 e. The monoisotopic (exact) mass is 382 g/mol. The molecular weight excluding hydrogens is 364 g/mol. The Bertz CT molecular complexity index is 924. The predicted molar refractivity (Wildman–Crippen MR) is 101 cm³/mol. The molecular formula is C19H18N4O3S. The summed E-state index contributed by atoms with van der Waals surface area (Å²) in [4.78, 5) is 26.6. The van der Waals surface area contributed by atoms with Gasteiger partial charge in [0, 0.05) is 24.7 Å². The molecule has 1 unspecified atom stereocenters. The van der Waals surface area contributed by atoms with Crippen molar-refractivity contribution in [2.45, 2.75) is 18.8 Å². The summed E-state index contributed by atoms with van der Waals surface area (Å²) in [5.41, 5.74) is 0.715. The van der Waals surface area contributed by atoms with Crippen molar-refractivity contribution >= 4 is 28.8 Å². The number of anilines is 1. The Balaban J connectivity index is 1.43. The minimum atomic E-state index is -0.274. The van der Waals surface area contributed by atoms with Gasteiger partial charge in [0.15, 0.2) is 5.76 Å². The van der Waals surface area contributed by atoms with Crippen LogP contribution in [0, 0.1) is 0 Å². The molecule has 1 N–H and O–H groups in total. The van der Waals surface area contributed by atoms with Gasteiger partial charge >= 0.3 is 0 Å². The van der Waals surface area contributed by atoms with Crippen molar-refractivity contribution in [1.82, 2.24) is 15.1 Å². The van der Waals surface area contributed by atoms with Crippen molar-refractivity contribution in [3.05, 3.63) is 64.5 Å². The normalized spacial score (nSPS) is 16.9. The van der Waals surface area contributed by atoms with Crippen molar-refractivity contribution in [3.63, 3.8) is 0 Å². The van der Waals surface area contributed by atoms with Crippen LogP contribution in [0.4, 0.5) is 5.69 Å². The summed E-state index contributed by atoms with van der Waals surface area (Å²) in [6.45, 7) is 1.24. The lowest BCUT2D eigenvalue weighted by molar-refractivity contribution is 0.0674. The highest BCUT2D eigenvalue weighted by atomic mass is 32.1.